The summed E-state index contributed by atoms with van der Waals surface area (Å²) < 4.78 is 62.0. The second-order valence-electron chi connectivity index (χ2n) is 8.78. The first-order valence-corrected chi connectivity index (χ1v) is 12.7. The van der Waals surface area contributed by atoms with E-state index in [2.05, 4.69) is 0 Å². The largest absolute Gasteiger partial charge is 0.507 e. The predicted molar refractivity (Wildman–Crippen MR) is 130 cm³/mol. The van der Waals surface area contributed by atoms with Crippen LogP contribution in [0.5, 0.6) is 0 Å². The van der Waals surface area contributed by atoms with Crippen molar-refractivity contribution in [1.82, 2.24) is 14.9 Å². The predicted octanol–water partition coefficient (Wildman–Crippen LogP) is 5.76. The van der Waals surface area contributed by atoms with Gasteiger partial charge in [0.05, 0.1) is 19.3 Å². The molecule has 3 aliphatic rings. The summed E-state index contributed by atoms with van der Waals surface area (Å²) in [5, 5.41) is 14.0. The van der Waals surface area contributed by atoms with Crippen LogP contribution in [0.15, 0.2) is 65.0 Å². The summed E-state index contributed by atoms with van der Waals surface area (Å²) >= 11 is 7.95. The highest BCUT2D eigenvalue weighted by molar-refractivity contribution is 7.98. The van der Waals surface area contributed by atoms with Crippen LogP contribution in [-0.4, -0.2) is 58.0 Å². The van der Waals surface area contributed by atoms with Crippen LogP contribution in [0.3, 0.4) is 0 Å². The first kappa shape index (κ1) is 25.9. The van der Waals surface area contributed by atoms with Gasteiger partial charge < -0.3 is 14.7 Å². The maximum atomic E-state index is 15.1. The third-order valence-electron chi connectivity index (χ3n) is 6.56. The van der Waals surface area contributed by atoms with Gasteiger partial charge >= 0.3 is 6.18 Å². The molecular formula is C25H22ClF4N3O3S. The minimum absolute atomic E-state index is 0.0988. The molecule has 0 bridgehead atoms. The van der Waals surface area contributed by atoms with Crippen molar-refractivity contribution in [3.8, 4) is 0 Å². The third kappa shape index (κ3) is 4.58. The average Bonchev–Trinajstić information content (AvgIpc) is 3.00. The fourth-order valence-electron chi connectivity index (χ4n) is 4.70. The van der Waals surface area contributed by atoms with E-state index in [4.69, 9.17) is 16.3 Å². The molecule has 1 saturated heterocycles. The lowest BCUT2D eigenvalue weighted by Crippen LogP contribution is -2.62. The zero-order chi connectivity index (χ0) is 26.5. The Bertz CT molecular complexity index is 1300. The van der Waals surface area contributed by atoms with Crippen molar-refractivity contribution in [3.63, 3.8) is 0 Å². The van der Waals surface area contributed by atoms with Gasteiger partial charge in [-0.05, 0) is 41.8 Å². The fourth-order valence-corrected chi connectivity index (χ4v) is 6.11. The van der Waals surface area contributed by atoms with Gasteiger partial charge in [-0.15, -0.1) is 11.8 Å². The highest BCUT2D eigenvalue weighted by Crippen LogP contribution is 2.48. The van der Waals surface area contributed by atoms with Gasteiger partial charge in [-0.1, -0.05) is 35.9 Å². The number of carbonyl (C=O) groups excluding carboxylic acids is 1. The van der Waals surface area contributed by atoms with E-state index >= 15 is 4.39 Å². The second kappa shape index (κ2) is 9.86. The number of nitrogens with zero attached hydrogens (tertiary/aromatic N) is 3. The minimum atomic E-state index is -4.73. The van der Waals surface area contributed by atoms with E-state index in [-0.39, 0.29) is 18.9 Å². The molecule has 12 heteroatoms. The van der Waals surface area contributed by atoms with Crippen LogP contribution in [0.2, 0.25) is 5.02 Å². The number of hydrogen-bond donors (Lipinski definition) is 1. The van der Waals surface area contributed by atoms with Gasteiger partial charge in [-0.2, -0.15) is 18.2 Å². The van der Waals surface area contributed by atoms with Gasteiger partial charge in [0.15, 0.2) is 5.70 Å². The topological polar surface area (TPSA) is 56.3 Å². The average molecular weight is 556 g/mol. The molecule has 37 heavy (non-hydrogen) atoms. The van der Waals surface area contributed by atoms with Crippen LogP contribution in [-0.2, 0) is 15.3 Å². The number of hydrazine groups is 1. The van der Waals surface area contributed by atoms with Crippen molar-refractivity contribution < 1.29 is 32.2 Å². The summed E-state index contributed by atoms with van der Waals surface area (Å²) in [6, 6.07) is 6.76. The summed E-state index contributed by atoms with van der Waals surface area (Å²) in [7, 11) is 0. The highest BCUT2D eigenvalue weighted by Gasteiger charge is 2.50. The Balaban J connectivity index is 1.77. The molecule has 5 rings (SSSR count). The monoisotopic (exact) mass is 555 g/mol. The zero-order valence-electron chi connectivity index (χ0n) is 19.5. The smallest absolute Gasteiger partial charge is 0.408 e. The summed E-state index contributed by atoms with van der Waals surface area (Å²) in [6.45, 7) is 0.113. The number of rotatable bonds is 2. The molecule has 0 saturated carbocycles. The quantitative estimate of drug-likeness (QED) is 0.476. The van der Waals surface area contributed by atoms with Crippen molar-refractivity contribution in [1.29, 1.82) is 0 Å². The van der Waals surface area contributed by atoms with Crippen LogP contribution >= 0.6 is 23.4 Å². The number of thioether (sulfide) groups is 1. The van der Waals surface area contributed by atoms with Crippen molar-refractivity contribution >= 4 is 29.3 Å². The second-order valence-corrected chi connectivity index (χ2v) is 10.2. The van der Waals surface area contributed by atoms with Crippen molar-refractivity contribution in [2.75, 3.05) is 19.9 Å². The van der Waals surface area contributed by atoms with Crippen LogP contribution in [0.1, 0.15) is 29.7 Å². The molecular weight excluding hydrogens is 534 g/mol. The van der Waals surface area contributed by atoms with Crippen molar-refractivity contribution in [3.05, 3.63) is 87.7 Å². The van der Waals surface area contributed by atoms with Gasteiger partial charge in [0.25, 0.3) is 5.91 Å². The van der Waals surface area contributed by atoms with Crippen molar-refractivity contribution in [2.24, 2.45) is 0 Å². The normalized spacial score (nSPS) is 22.4. The first-order valence-electron chi connectivity index (χ1n) is 11.4. The van der Waals surface area contributed by atoms with Gasteiger partial charge in [0.1, 0.15) is 24.2 Å². The fraction of sp³-hybridized carbons (Fsp3) is 0.320. The van der Waals surface area contributed by atoms with Crippen LogP contribution in [0.4, 0.5) is 17.6 Å². The van der Waals surface area contributed by atoms with Gasteiger partial charge in [0.2, 0.25) is 0 Å². The Morgan fingerprint density at radius 3 is 2.73 bits per heavy atom. The Kier molecular flexibility index (Phi) is 6.90. The number of aliphatic hydroxyl groups excluding tert-OH is 1. The molecule has 0 aromatic heterocycles. The van der Waals surface area contributed by atoms with Crippen LogP contribution in [0, 0.1) is 5.82 Å². The molecule has 6 nitrogen and oxygen atoms in total. The molecule has 1 amide bonds. The lowest BCUT2D eigenvalue weighted by Gasteiger charge is -2.49. The van der Waals surface area contributed by atoms with E-state index in [0.717, 1.165) is 12.5 Å². The van der Waals surface area contributed by atoms with Crippen molar-refractivity contribution in [2.45, 2.75) is 35.8 Å². The van der Waals surface area contributed by atoms with E-state index in [1.807, 2.05) is 6.07 Å². The standard InChI is InChI=1S/C25H22ClF4N3O3S/c1-14(25(28,29)30)31-13-33(32-9-4-10-36-11-19(34)22(32)24(31)35)21-16-6-3-8-18(27)23(16)37-12-15-5-2-7-17(26)20(15)21/h2-9,14,21,34H,10-13H2,1H3/b9-4-,22-19?/t14-,21-/m1/s1. The van der Waals surface area contributed by atoms with Gasteiger partial charge in [-0.25, -0.2) is 4.39 Å². The minimum Gasteiger partial charge on any atom is -0.507 e. The molecule has 1 N–H and O–H groups in total. The summed E-state index contributed by atoms with van der Waals surface area (Å²) in [5.74, 6) is -1.61. The molecule has 3 aliphatic heterocycles. The van der Waals surface area contributed by atoms with E-state index in [0.29, 0.717) is 31.7 Å². The van der Waals surface area contributed by atoms with E-state index in [1.165, 1.54) is 40.1 Å². The SMILES string of the molecule is C[C@@H](N1CN([C@@H]2c3cccc(F)c3SCc3cccc(Cl)c32)N2/C=C\COCC(O)=C2C1=O)C(F)(F)F. The number of alkyl halides is 3. The number of carbonyl (C=O) groups is 1. The molecule has 0 spiro atoms. The molecule has 2 atom stereocenters. The number of hydrogen-bond acceptors (Lipinski definition) is 6. The van der Waals surface area contributed by atoms with E-state index in [9.17, 15) is 23.1 Å². The lowest BCUT2D eigenvalue weighted by molar-refractivity contribution is -0.204. The number of benzene rings is 2. The molecule has 2 aromatic carbocycles. The molecule has 3 heterocycles. The first-order chi connectivity index (χ1) is 17.6. The molecule has 0 aliphatic carbocycles. The number of ether oxygens (including phenoxy) is 1. The summed E-state index contributed by atoms with van der Waals surface area (Å²) in [4.78, 5) is 14.4. The van der Waals surface area contributed by atoms with E-state index < -0.39 is 42.4 Å². The zero-order valence-corrected chi connectivity index (χ0v) is 21.1. The van der Waals surface area contributed by atoms with E-state index in [1.54, 1.807) is 24.3 Å². The number of halogens is 5. The Labute approximate surface area is 219 Å². The Morgan fingerprint density at radius 1 is 1.22 bits per heavy atom. The number of aliphatic hydroxyl groups is 1. The Hall–Kier alpha value is -2.73. The lowest BCUT2D eigenvalue weighted by atomic mass is 9.94. The molecule has 0 radical (unpaired) electrons. The summed E-state index contributed by atoms with van der Waals surface area (Å²) in [5.41, 5.74) is 1.47. The maximum Gasteiger partial charge on any atom is 0.408 e. The number of amides is 1. The highest BCUT2D eigenvalue weighted by atomic mass is 35.5. The van der Waals surface area contributed by atoms with Crippen LogP contribution < -0.4 is 0 Å². The van der Waals surface area contributed by atoms with Gasteiger partial charge in [-0.3, -0.25) is 9.80 Å². The molecule has 0 unspecified atom stereocenters. The Morgan fingerprint density at radius 2 is 1.97 bits per heavy atom. The third-order valence-corrected chi connectivity index (χ3v) is 8.06. The van der Waals surface area contributed by atoms with Gasteiger partial charge in [0, 0.05) is 21.9 Å². The summed E-state index contributed by atoms with van der Waals surface area (Å²) in [6.07, 6.45) is -1.68. The molecule has 196 valence electrons. The molecule has 1 fully saturated rings. The maximum absolute atomic E-state index is 15.1. The molecule has 2 aromatic rings. The van der Waals surface area contributed by atoms with Crippen LogP contribution in [0.25, 0.3) is 0 Å². The number of fused-ring (bicyclic) bond motifs is 3.